The van der Waals surface area contributed by atoms with Crippen molar-refractivity contribution in [3.8, 4) is 0 Å². The molecular weight excluding hydrogens is 459 g/mol. The third-order valence-corrected chi connectivity index (χ3v) is 5.72. The number of allylic oxidation sites excluding steroid dienone is 1. The molecule has 1 atom stereocenters. The summed E-state index contributed by atoms with van der Waals surface area (Å²) in [7, 11) is 1.48. The second kappa shape index (κ2) is 10.0. The summed E-state index contributed by atoms with van der Waals surface area (Å²) in [6.45, 7) is 1.82. The number of methoxy groups -OCH3 is 1. The van der Waals surface area contributed by atoms with Crippen LogP contribution in [0, 0.1) is 0 Å². The maximum atomic E-state index is 13.0. The lowest BCUT2D eigenvalue weighted by Crippen LogP contribution is -2.48. The van der Waals surface area contributed by atoms with Crippen molar-refractivity contribution >= 4 is 46.9 Å². The highest BCUT2D eigenvalue weighted by atomic mass is 35.5. The minimum Gasteiger partial charge on any atom is -0.478 e. The van der Waals surface area contributed by atoms with Crippen molar-refractivity contribution in [3.63, 3.8) is 0 Å². The van der Waals surface area contributed by atoms with Crippen LogP contribution >= 0.6 is 23.2 Å². The van der Waals surface area contributed by atoms with Gasteiger partial charge in [-0.2, -0.15) is 0 Å². The second-order valence-electron chi connectivity index (χ2n) is 6.84. The van der Waals surface area contributed by atoms with E-state index >= 15 is 0 Å². The number of carbonyl (C=O) groups excluding carboxylic acids is 2. The van der Waals surface area contributed by atoms with Gasteiger partial charge in [-0.15, -0.1) is 0 Å². The molecule has 0 saturated heterocycles. The Morgan fingerprint density at radius 3 is 2.44 bits per heavy atom. The van der Waals surface area contributed by atoms with Crippen molar-refractivity contribution in [2.45, 2.75) is 13.0 Å². The summed E-state index contributed by atoms with van der Waals surface area (Å²) >= 11 is 12.5. The molecule has 168 valence electrons. The summed E-state index contributed by atoms with van der Waals surface area (Å²) in [5.74, 6) is -1.75. The van der Waals surface area contributed by atoms with Crippen LogP contribution in [0.15, 0.2) is 53.7 Å². The van der Waals surface area contributed by atoms with Crippen LogP contribution in [-0.2, 0) is 14.3 Å². The van der Waals surface area contributed by atoms with E-state index in [1.807, 2.05) is 0 Å². The zero-order valence-corrected chi connectivity index (χ0v) is 18.7. The molecule has 2 aromatic rings. The number of nitrogens with zero attached hydrogens (tertiary/aromatic N) is 1. The normalized spacial score (nSPS) is 16.1. The van der Waals surface area contributed by atoms with E-state index in [1.54, 1.807) is 25.1 Å². The van der Waals surface area contributed by atoms with Crippen molar-refractivity contribution in [1.82, 2.24) is 5.32 Å². The number of anilines is 1. The smallest absolute Gasteiger partial charge is 0.338 e. The maximum Gasteiger partial charge on any atom is 0.338 e. The fraction of sp³-hybridized carbons (Fsp3) is 0.227. The highest BCUT2D eigenvalue weighted by molar-refractivity contribution is 6.42. The molecule has 0 radical (unpaired) electrons. The van der Waals surface area contributed by atoms with Gasteiger partial charge in [0.2, 0.25) is 0 Å². The lowest BCUT2D eigenvalue weighted by molar-refractivity contribution is -0.140. The summed E-state index contributed by atoms with van der Waals surface area (Å²) in [5.41, 5.74) is 1.34. The van der Waals surface area contributed by atoms with E-state index < -0.39 is 24.0 Å². The van der Waals surface area contributed by atoms with Gasteiger partial charge in [-0.25, -0.2) is 14.4 Å². The van der Waals surface area contributed by atoms with E-state index in [1.165, 1.54) is 36.3 Å². The average molecular weight is 479 g/mol. The predicted octanol–water partition coefficient (Wildman–Crippen LogP) is 4.43. The number of carboxylic acids is 1. The summed E-state index contributed by atoms with van der Waals surface area (Å²) in [6, 6.07) is 9.19. The van der Waals surface area contributed by atoms with Gasteiger partial charge in [-0.1, -0.05) is 35.3 Å². The van der Waals surface area contributed by atoms with Crippen molar-refractivity contribution in [3.05, 3.63) is 74.9 Å². The number of ether oxygens (including phenoxy) is 2. The number of hydrogen-bond donors (Lipinski definition) is 2. The highest BCUT2D eigenvalue weighted by Crippen LogP contribution is 2.38. The molecule has 0 aliphatic carbocycles. The molecule has 1 aliphatic heterocycles. The molecule has 32 heavy (non-hydrogen) atoms. The molecule has 1 heterocycles. The number of benzene rings is 2. The van der Waals surface area contributed by atoms with Gasteiger partial charge in [-0.05, 0) is 42.8 Å². The number of halogens is 2. The molecule has 3 rings (SSSR count). The Hall–Kier alpha value is -3.07. The van der Waals surface area contributed by atoms with E-state index in [2.05, 4.69) is 5.32 Å². The third kappa shape index (κ3) is 4.72. The van der Waals surface area contributed by atoms with E-state index in [-0.39, 0.29) is 34.4 Å². The number of nitrogens with one attached hydrogen (secondary N) is 1. The van der Waals surface area contributed by atoms with Crippen LogP contribution in [0.1, 0.15) is 28.9 Å². The zero-order chi connectivity index (χ0) is 23.4. The third-order valence-electron chi connectivity index (χ3n) is 4.89. The number of aromatic carboxylic acids is 1. The summed E-state index contributed by atoms with van der Waals surface area (Å²) in [4.78, 5) is 38.5. The van der Waals surface area contributed by atoms with Gasteiger partial charge in [0, 0.05) is 12.8 Å². The summed E-state index contributed by atoms with van der Waals surface area (Å²) < 4.78 is 10.3. The first-order chi connectivity index (χ1) is 15.3. The number of hydrogen-bond acceptors (Lipinski definition) is 5. The Labute approximate surface area is 194 Å². The first-order valence-corrected chi connectivity index (χ1v) is 10.3. The van der Waals surface area contributed by atoms with Crippen LogP contribution in [-0.4, -0.2) is 43.4 Å². The Balaban J connectivity index is 2.10. The van der Waals surface area contributed by atoms with Crippen LogP contribution in [0.3, 0.4) is 0 Å². The van der Waals surface area contributed by atoms with Crippen LogP contribution in [0.4, 0.5) is 10.5 Å². The van der Waals surface area contributed by atoms with Crippen molar-refractivity contribution in [1.29, 1.82) is 0 Å². The molecular formula is C22H20Cl2N2O6. The van der Waals surface area contributed by atoms with Gasteiger partial charge in [0.15, 0.2) is 0 Å². The Bertz CT molecular complexity index is 1080. The predicted molar refractivity (Wildman–Crippen MR) is 119 cm³/mol. The van der Waals surface area contributed by atoms with Gasteiger partial charge in [0.25, 0.3) is 0 Å². The highest BCUT2D eigenvalue weighted by Gasteiger charge is 2.38. The maximum absolute atomic E-state index is 13.0. The van der Waals surface area contributed by atoms with Crippen LogP contribution < -0.4 is 10.2 Å². The van der Waals surface area contributed by atoms with Gasteiger partial charge in [0.05, 0.1) is 39.5 Å². The monoisotopic (exact) mass is 478 g/mol. The molecule has 0 bridgehead atoms. The second-order valence-corrected chi connectivity index (χ2v) is 7.63. The topological polar surface area (TPSA) is 105 Å². The molecule has 8 nitrogen and oxygen atoms in total. The van der Waals surface area contributed by atoms with Crippen LogP contribution in [0.2, 0.25) is 10.0 Å². The minimum absolute atomic E-state index is 0.0172. The number of esters is 1. The lowest BCUT2D eigenvalue weighted by Gasteiger charge is -2.35. The van der Waals surface area contributed by atoms with Crippen molar-refractivity contribution in [2.75, 3.05) is 25.2 Å². The first kappa shape index (κ1) is 23.6. The number of rotatable bonds is 7. The van der Waals surface area contributed by atoms with E-state index in [0.717, 1.165) is 0 Å². The Morgan fingerprint density at radius 1 is 1.12 bits per heavy atom. The molecule has 2 aromatic carbocycles. The standard InChI is InChI=1S/C22H20Cl2N2O6/c1-12-17(21(29)32-11-10-31-2)19(15-4-3-5-16(23)18(15)24)25-22(30)26(12)14-8-6-13(7-9-14)20(27)28/h3-9,19H,10-11H2,1-2H3,(H,25,30)(H,27,28)/t19-/m1/s1. The quantitative estimate of drug-likeness (QED) is 0.450. The molecule has 2 N–H and O–H groups in total. The molecule has 1 aliphatic rings. The van der Waals surface area contributed by atoms with Crippen LogP contribution in [0.25, 0.3) is 0 Å². The van der Waals surface area contributed by atoms with Gasteiger partial charge >= 0.3 is 18.0 Å². The van der Waals surface area contributed by atoms with Gasteiger partial charge in [0.1, 0.15) is 6.61 Å². The molecule has 10 heteroatoms. The van der Waals surface area contributed by atoms with E-state index in [9.17, 15) is 14.4 Å². The van der Waals surface area contributed by atoms with Crippen molar-refractivity contribution < 1.29 is 29.0 Å². The fourth-order valence-electron chi connectivity index (χ4n) is 3.34. The minimum atomic E-state index is -1.09. The van der Waals surface area contributed by atoms with E-state index in [0.29, 0.717) is 16.9 Å². The molecule has 0 saturated carbocycles. The van der Waals surface area contributed by atoms with Crippen LogP contribution in [0.5, 0.6) is 0 Å². The molecule has 0 fully saturated rings. The first-order valence-electron chi connectivity index (χ1n) is 9.51. The van der Waals surface area contributed by atoms with E-state index in [4.69, 9.17) is 37.8 Å². The fourth-order valence-corrected chi connectivity index (χ4v) is 3.76. The average Bonchev–Trinajstić information content (AvgIpc) is 2.75. The SMILES string of the molecule is COCCOC(=O)C1=C(C)N(c2ccc(C(=O)O)cc2)C(=O)N[C@@H]1c1cccc(Cl)c1Cl. The lowest BCUT2D eigenvalue weighted by atomic mass is 9.94. The largest absolute Gasteiger partial charge is 0.478 e. The molecule has 0 spiro atoms. The Morgan fingerprint density at radius 2 is 1.81 bits per heavy atom. The molecule has 2 amide bonds. The number of carbonyl (C=O) groups is 3. The molecule has 0 aromatic heterocycles. The number of amides is 2. The summed E-state index contributed by atoms with van der Waals surface area (Å²) in [6.07, 6.45) is 0. The molecule has 0 unspecified atom stereocenters. The number of urea groups is 1. The number of carboxylic acid groups (broad SMARTS) is 1. The zero-order valence-electron chi connectivity index (χ0n) is 17.2. The van der Waals surface area contributed by atoms with Gasteiger partial charge < -0.3 is 19.9 Å². The Kier molecular flexibility index (Phi) is 7.40. The summed E-state index contributed by atoms with van der Waals surface area (Å²) in [5, 5.41) is 12.4. The van der Waals surface area contributed by atoms with Gasteiger partial charge in [-0.3, -0.25) is 4.90 Å². The van der Waals surface area contributed by atoms with Crippen molar-refractivity contribution in [2.24, 2.45) is 0 Å².